The van der Waals surface area contributed by atoms with Crippen LogP contribution in [-0.4, -0.2) is 20.2 Å². The van der Waals surface area contributed by atoms with Crippen LogP contribution in [0.25, 0.3) is 10.8 Å². The van der Waals surface area contributed by atoms with E-state index < -0.39 is 0 Å². The Morgan fingerprint density at radius 1 is 1.00 bits per heavy atom. The summed E-state index contributed by atoms with van der Waals surface area (Å²) in [7, 11) is 1.71. The Hall–Kier alpha value is -1.54. The summed E-state index contributed by atoms with van der Waals surface area (Å²) >= 11 is 0. The normalized spacial score (nSPS) is 11.2. The SMILES string of the molecule is COc1ccc2cc(CCCCNCC(C)C)ccc2c1. The molecule has 2 rings (SSSR count). The Morgan fingerprint density at radius 3 is 2.52 bits per heavy atom. The summed E-state index contributed by atoms with van der Waals surface area (Å²) < 4.78 is 5.26. The van der Waals surface area contributed by atoms with Crippen LogP contribution in [0.2, 0.25) is 0 Å². The maximum Gasteiger partial charge on any atom is 0.119 e. The second-order valence-corrected chi connectivity index (χ2v) is 6.10. The smallest absolute Gasteiger partial charge is 0.119 e. The lowest BCUT2D eigenvalue weighted by atomic mass is 10.0. The maximum atomic E-state index is 5.26. The molecule has 2 heteroatoms. The van der Waals surface area contributed by atoms with Crippen molar-refractivity contribution >= 4 is 10.8 Å². The Labute approximate surface area is 128 Å². The summed E-state index contributed by atoms with van der Waals surface area (Å²) in [6, 6.07) is 13.0. The van der Waals surface area contributed by atoms with E-state index in [-0.39, 0.29) is 0 Å². The molecule has 0 spiro atoms. The van der Waals surface area contributed by atoms with Crippen LogP contribution in [0.5, 0.6) is 5.75 Å². The zero-order valence-electron chi connectivity index (χ0n) is 13.5. The van der Waals surface area contributed by atoms with Gasteiger partial charge in [-0.3, -0.25) is 0 Å². The van der Waals surface area contributed by atoms with Gasteiger partial charge in [-0.05, 0) is 66.7 Å². The third-order valence-electron chi connectivity index (χ3n) is 3.73. The van der Waals surface area contributed by atoms with Crippen LogP contribution in [0.3, 0.4) is 0 Å². The number of methoxy groups -OCH3 is 1. The van der Waals surface area contributed by atoms with Gasteiger partial charge in [0.2, 0.25) is 0 Å². The molecule has 0 saturated heterocycles. The van der Waals surface area contributed by atoms with E-state index in [4.69, 9.17) is 4.74 Å². The number of aryl methyl sites for hydroxylation is 1. The van der Waals surface area contributed by atoms with Crippen molar-refractivity contribution in [2.45, 2.75) is 33.1 Å². The molecule has 1 N–H and O–H groups in total. The van der Waals surface area contributed by atoms with E-state index in [9.17, 15) is 0 Å². The number of benzene rings is 2. The molecule has 0 aromatic heterocycles. The minimum Gasteiger partial charge on any atom is -0.497 e. The lowest BCUT2D eigenvalue weighted by Crippen LogP contribution is -2.20. The molecule has 0 aliphatic rings. The predicted molar refractivity (Wildman–Crippen MR) is 91.1 cm³/mol. The molecule has 0 radical (unpaired) electrons. The van der Waals surface area contributed by atoms with Gasteiger partial charge in [0.15, 0.2) is 0 Å². The summed E-state index contributed by atoms with van der Waals surface area (Å²) in [6.45, 7) is 6.74. The molecule has 0 amide bonds. The van der Waals surface area contributed by atoms with Crippen molar-refractivity contribution in [3.63, 3.8) is 0 Å². The first-order valence-corrected chi connectivity index (χ1v) is 7.96. The minimum atomic E-state index is 0.738. The first kappa shape index (κ1) is 15.8. The fourth-order valence-corrected chi connectivity index (χ4v) is 2.53. The first-order valence-electron chi connectivity index (χ1n) is 7.96. The van der Waals surface area contributed by atoms with E-state index >= 15 is 0 Å². The zero-order chi connectivity index (χ0) is 15.1. The van der Waals surface area contributed by atoms with Crippen molar-refractivity contribution in [2.75, 3.05) is 20.2 Å². The van der Waals surface area contributed by atoms with Gasteiger partial charge in [0.05, 0.1) is 7.11 Å². The number of ether oxygens (including phenoxy) is 1. The van der Waals surface area contributed by atoms with Gasteiger partial charge >= 0.3 is 0 Å². The van der Waals surface area contributed by atoms with Crippen LogP contribution in [0, 0.1) is 5.92 Å². The third-order valence-corrected chi connectivity index (χ3v) is 3.73. The van der Waals surface area contributed by atoms with E-state index in [0.29, 0.717) is 0 Å². The molecule has 0 unspecified atom stereocenters. The standard InChI is InChI=1S/C19H27NO/c1-15(2)14-20-11-5-4-6-16-7-8-18-13-19(21-3)10-9-17(18)12-16/h7-10,12-13,15,20H,4-6,11,14H2,1-3H3. The largest absolute Gasteiger partial charge is 0.497 e. The van der Waals surface area contributed by atoms with E-state index in [1.165, 1.54) is 29.2 Å². The van der Waals surface area contributed by atoms with Crippen LogP contribution in [-0.2, 0) is 6.42 Å². The van der Waals surface area contributed by atoms with E-state index in [1.807, 2.05) is 6.07 Å². The Kier molecular flexibility index (Phi) is 6.06. The second-order valence-electron chi connectivity index (χ2n) is 6.10. The molecule has 114 valence electrons. The Bertz CT molecular complexity index is 562. The quantitative estimate of drug-likeness (QED) is 0.725. The number of hydrogen-bond acceptors (Lipinski definition) is 2. The highest BCUT2D eigenvalue weighted by Gasteiger charge is 1.99. The molecule has 0 saturated carbocycles. The highest BCUT2D eigenvalue weighted by atomic mass is 16.5. The van der Waals surface area contributed by atoms with E-state index in [0.717, 1.165) is 31.2 Å². The average molecular weight is 285 g/mol. The fraction of sp³-hybridized carbons (Fsp3) is 0.474. The number of hydrogen-bond donors (Lipinski definition) is 1. The first-order chi connectivity index (χ1) is 10.2. The van der Waals surface area contributed by atoms with Gasteiger partial charge in [-0.2, -0.15) is 0 Å². The molecule has 0 fully saturated rings. The van der Waals surface area contributed by atoms with Crippen LogP contribution < -0.4 is 10.1 Å². The van der Waals surface area contributed by atoms with Gasteiger partial charge in [0.25, 0.3) is 0 Å². The molecular formula is C19H27NO. The minimum absolute atomic E-state index is 0.738. The van der Waals surface area contributed by atoms with Gasteiger partial charge in [0, 0.05) is 0 Å². The van der Waals surface area contributed by atoms with E-state index in [1.54, 1.807) is 7.11 Å². The highest BCUT2D eigenvalue weighted by molar-refractivity contribution is 5.84. The molecule has 21 heavy (non-hydrogen) atoms. The van der Waals surface area contributed by atoms with Gasteiger partial charge in [-0.15, -0.1) is 0 Å². The number of unbranched alkanes of at least 4 members (excludes halogenated alkanes) is 1. The van der Waals surface area contributed by atoms with Crippen molar-refractivity contribution in [1.82, 2.24) is 5.32 Å². The van der Waals surface area contributed by atoms with Crippen molar-refractivity contribution in [1.29, 1.82) is 0 Å². The molecule has 2 aromatic rings. The van der Waals surface area contributed by atoms with Crippen LogP contribution in [0.1, 0.15) is 32.3 Å². The third kappa shape index (κ3) is 5.05. The number of rotatable bonds is 8. The molecule has 2 nitrogen and oxygen atoms in total. The lowest BCUT2D eigenvalue weighted by Gasteiger charge is -2.08. The Balaban J connectivity index is 1.82. The molecule has 2 aromatic carbocycles. The summed E-state index contributed by atoms with van der Waals surface area (Å²) in [5, 5.41) is 6.04. The predicted octanol–water partition coefficient (Wildman–Crippen LogP) is 4.42. The molecule has 0 heterocycles. The van der Waals surface area contributed by atoms with Crippen molar-refractivity contribution in [3.05, 3.63) is 42.0 Å². The lowest BCUT2D eigenvalue weighted by molar-refractivity contribution is 0.415. The zero-order valence-corrected chi connectivity index (χ0v) is 13.5. The second kappa shape index (κ2) is 8.04. The van der Waals surface area contributed by atoms with Crippen molar-refractivity contribution in [3.8, 4) is 5.75 Å². The van der Waals surface area contributed by atoms with E-state index in [2.05, 4.69) is 49.5 Å². The van der Waals surface area contributed by atoms with Crippen LogP contribution in [0.15, 0.2) is 36.4 Å². The highest BCUT2D eigenvalue weighted by Crippen LogP contribution is 2.22. The Morgan fingerprint density at radius 2 is 1.76 bits per heavy atom. The van der Waals surface area contributed by atoms with Crippen molar-refractivity contribution in [2.24, 2.45) is 5.92 Å². The number of fused-ring (bicyclic) bond motifs is 1. The topological polar surface area (TPSA) is 21.3 Å². The monoisotopic (exact) mass is 285 g/mol. The molecule has 0 atom stereocenters. The summed E-state index contributed by atoms with van der Waals surface area (Å²) in [5.41, 5.74) is 1.43. The molecule has 0 aliphatic heterocycles. The van der Waals surface area contributed by atoms with Crippen molar-refractivity contribution < 1.29 is 4.74 Å². The number of nitrogens with one attached hydrogen (secondary N) is 1. The fourth-order valence-electron chi connectivity index (χ4n) is 2.53. The average Bonchev–Trinajstić information content (AvgIpc) is 2.49. The van der Waals surface area contributed by atoms with Crippen LogP contribution in [0.4, 0.5) is 0 Å². The molecular weight excluding hydrogens is 258 g/mol. The summed E-state index contributed by atoms with van der Waals surface area (Å²) in [6.07, 6.45) is 3.64. The maximum absolute atomic E-state index is 5.26. The van der Waals surface area contributed by atoms with Gasteiger partial charge < -0.3 is 10.1 Å². The molecule has 0 aliphatic carbocycles. The van der Waals surface area contributed by atoms with Gasteiger partial charge in [0.1, 0.15) is 5.75 Å². The molecule has 0 bridgehead atoms. The summed E-state index contributed by atoms with van der Waals surface area (Å²) in [5.74, 6) is 1.66. The van der Waals surface area contributed by atoms with Crippen LogP contribution >= 0.6 is 0 Å². The van der Waals surface area contributed by atoms with Gasteiger partial charge in [-0.1, -0.05) is 38.1 Å². The van der Waals surface area contributed by atoms with Gasteiger partial charge in [-0.25, -0.2) is 0 Å². The summed E-state index contributed by atoms with van der Waals surface area (Å²) in [4.78, 5) is 0.